The molecule has 1 N–H and O–H groups in total. The normalized spacial score (nSPS) is 14.1. The van der Waals surface area contributed by atoms with Crippen LogP contribution in [-0.4, -0.2) is 18.2 Å². The molecule has 0 atom stereocenters. The molecule has 1 saturated carbocycles. The topological polar surface area (TPSA) is 56.5 Å². The number of methoxy groups -OCH3 is 1. The Morgan fingerprint density at radius 3 is 2.69 bits per heavy atom. The lowest BCUT2D eigenvalue weighted by Crippen LogP contribution is -2.12. The fourth-order valence-electron chi connectivity index (χ4n) is 4.14. The number of rotatable bonds is 7. The number of hydrogen-bond donors (Lipinski definition) is 1. The van der Waals surface area contributed by atoms with Gasteiger partial charge in [-0.25, -0.2) is 4.98 Å². The van der Waals surface area contributed by atoms with Crippen LogP contribution in [0.1, 0.15) is 31.2 Å². The van der Waals surface area contributed by atoms with Gasteiger partial charge >= 0.3 is 0 Å². The maximum absolute atomic E-state index is 6.23. The Kier molecular flexibility index (Phi) is 5.91. The van der Waals surface area contributed by atoms with Crippen LogP contribution in [-0.2, 0) is 6.54 Å². The monoisotopic (exact) mass is 448 g/mol. The predicted molar refractivity (Wildman–Crippen MR) is 128 cm³/mol. The second kappa shape index (κ2) is 9.13. The molecule has 0 bridgehead atoms. The van der Waals surface area contributed by atoms with Crippen molar-refractivity contribution in [2.24, 2.45) is 0 Å². The van der Waals surface area contributed by atoms with Crippen LogP contribution in [0.5, 0.6) is 11.5 Å². The van der Waals surface area contributed by atoms with Gasteiger partial charge in [0.25, 0.3) is 0 Å². The number of halogens is 1. The van der Waals surface area contributed by atoms with Gasteiger partial charge in [-0.05, 0) is 73.7 Å². The second-order valence-corrected chi connectivity index (χ2v) is 8.48. The molecule has 1 aliphatic rings. The highest BCUT2D eigenvalue weighted by Gasteiger charge is 2.19. The SMILES string of the molecule is COc1ccc(CNc2cccc3nc(-c4cccc(Cl)c4)oc23)cc1OC1CCCC1. The van der Waals surface area contributed by atoms with E-state index in [0.29, 0.717) is 17.5 Å². The molecule has 1 fully saturated rings. The quantitative estimate of drug-likeness (QED) is 0.327. The largest absolute Gasteiger partial charge is 0.493 e. The zero-order valence-corrected chi connectivity index (χ0v) is 18.7. The highest BCUT2D eigenvalue weighted by atomic mass is 35.5. The molecule has 164 valence electrons. The van der Waals surface area contributed by atoms with E-state index < -0.39 is 0 Å². The average molecular weight is 449 g/mol. The number of aromatic nitrogens is 1. The van der Waals surface area contributed by atoms with Crippen LogP contribution in [0.4, 0.5) is 5.69 Å². The summed E-state index contributed by atoms with van der Waals surface area (Å²) in [4.78, 5) is 4.63. The molecule has 0 amide bonds. The molecule has 5 rings (SSSR count). The lowest BCUT2D eigenvalue weighted by atomic mass is 10.2. The maximum atomic E-state index is 6.23. The van der Waals surface area contributed by atoms with Crippen LogP contribution >= 0.6 is 11.6 Å². The Labute approximate surface area is 192 Å². The Bertz CT molecular complexity index is 1230. The molecule has 32 heavy (non-hydrogen) atoms. The molecule has 6 heteroatoms. The number of hydrogen-bond acceptors (Lipinski definition) is 5. The number of anilines is 1. The van der Waals surface area contributed by atoms with Crippen molar-refractivity contribution in [3.05, 3.63) is 71.2 Å². The molecule has 1 aliphatic carbocycles. The summed E-state index contributed by atoms with van der Waals surface area (Å²) in [5.74, 6) is 2.12. The minimum absolute atomic E-state index is 0.278. The third-order valence-corrected chi connectivity index (χ3v) is 6.03. The summed E-state index contributed by atoms with van der Waals surface area (Å²) in [7, 11) is 1.68. The molecular weight excluding hydrogens is 424 g/mol. The van der Waals surface area contributed by atoms with E-state index in [9.17, 15) is 0 Å². The first-order chi connectivity index (χ1) is 15.7. The fraction of sp³-hybridized carbons (Fsp3) is 0.269. The van der Waals surface area contributed by atoms with Crippen LogP contribution in [0, 0.1) is 0 Å². The van der Waals surface area contributed by atoms with Gasteiger partial charge < -0.3 is 19.2 Å². The minimum atomic E-state index is 0.278. The van der Waals surface area contributed by atoms with E-state index in [1.807, 2.05) is 54.6 Å². The highest BCUT2D eigenvalue weighted by molar-refractivity contribution is 6.30. The Hall–Kier alpha value is -3.18. The van der Waals surface area contributed by atoms with Crippen LogP contribution in [0.3, 0.4) is 0 Å². The lowest BCUT2D eigenvalue weighted by Gasteiger charge is -2.17. The van der Waals surface area contributed by atoms with Gasteiger partial charge in [-0.2, -0.15) is 0 Å². The van der Waals surface area contributed by atoms with E-state index in [2.05, 4.69) is 16.4 Å². The van der Waals surface area contributed by atoms with Gasteiger partial charge in [0.1, 0.15) is 5.52 Å². The van der Waals surface area contributed by atoms with E-state index in [4.69, 9.17) is 25.5 Å². The van der Waals surface area contributed by atoms with Crippen LogP contribution < -0.4 is 14.8 Å². The first kappa shape index (κ1) is 20.7. The summed E-state index contributed by atoms with van der Waals surface area (Å²) >= 11 is 6.13. The molecule has 1 aromatic heterocycles. The van der Waals surface area contributed by atoms with Crippen molar-refractivity contribution < 1.29 is 13.9 Å². The summed E-state index contributed by atoms with van der Waals surface area (Å²) in [5.41, 5.74) is 4.36. The minimum Gasteiger partial charge on any atom is -0.493 e. The average Bonchev–Trinajstić information content (AvgIpc) is 3.48. The number of oxazole rings is 1. The third kappa shape index (κ3) is 4.39. The van der Waals surface area contributed by atoms with Crippen molar-refractivity contribution >= 4 is 28.4 Å². The van der Waals surface area contributed by atoms with Crippen molar-refractivity contribution in [2.75, 3.05) is 12.4 Å². The standard InChI is InChI=1S/C26H25ClN2O3/c1-30-23-13-12-17(14-24(23)31-20-8-2-3-9-20)16-28-21-10-5-11-22-25(21)32-26(29-22)18-6-4-7-19(27)15-18/h4-7,10-15,20,28H,2-3,8-9,16H2,1H3. The molecular formula is C26H25ClN2O3. The first-order valence-corrected chi connectivity index (χ1v) is 11.3. The molecule has 5 nitrogen and oxygen atoms in total. The van der Waals surface area contributed by atoms with Crippen LogP contribution in [0.2, 0.25) is 5.02 Å². The summed E-state index contributed by atoms with van der Waals surface area (Å²) in [5, 5.41) is 4.13. The van der Waals surface area contributed by atoms with E-state index >= 15 is 0 Å². The van der Waals surface area contributed by atoms with Gasteiger partial charge in [0.2, 0.25) is 5.89 Å². The van der Waals surface area contributed by atoms with Crippen LogP contribution in [0.25, 0.3) is 22.6 Å². The van der Waals surface area contributed by atoms with E-state index in [0.717, 1.165) is 52.3 Å². The molecule has 0 saturated heterocycles. The summed E-state index contributed by atoms with van der Waals surface area (Å²) in [6.45, 7) is 0.622. The molecule has 3 aromatic carbocycles. The van der Waals surface area contributed by atoms with E-state index in [1.165, 1.54) is 12.8 Å². The van der Waals surface area contributed by atoms with Gasteiger partial charge in [-0.15, -0.1) is 0 Å². The molecule has 1 heterocycles. The van der Waals surface area contributed by atoms with Gasteiger partial charge in [0.05, 0.1) is 18.9 Å². The molecule has 0 aliphatic heterocycles. The molecule has 0 unspecified atom stereocenters. The first-order valence-electron chi connectivity index (χ1n) is 10.9. The zero-order valence-electron chi connectivity index (χ0n) is 17.9. The Morgan fingerprint density at radius 2 is 1.88 bits per heavy atom. The second-order valence-electron chi connectivity index (χ2n) is 8.05. The third-order valence-electron chi connectivity index (χ3n) is 5.79. The van der Waals surface area contributed by atoms with Gasteiger partial charge in [-0.1, -0.05) is 29.8 Å². The predicted octanol–water partition coefficient (Wildman–Crippen LogP) is 7.09. The van der Waals surface area contributed by atoms with Crippen molar-refractivity contribution in [3.63, 3.8) is 0 Å². The number of ether oxygens (including phenoxy) is 2. The highest BCUT2D eigenvalue weighted by Crippen LogP contribution is 2.34. The lowest BCUT2D eigenvalue weighted by molar-refractivity contribution is 0.200. The summed E-state index contributed by atoms with van der Waals surface area (Å²) in [6.07, 6.45) is 4.95. The summed E-state index contributed by atoms with van der Waals surface area (Å²) in [6, 6.07) is 19.5. The van der Waals surface area contributed by atoms with Gasteiger partial charge in [-0.3, -0.25) is 0 Å². The number of benzene rings is 3. The number of nitrogens with zero attached hydrogens (tertiary/aromatic N) is 1. The smallest absolute Gasteiger partial charge is 0.227 e. The van der Waals surface area contributed by atoms with Crippen molar-refractivity contribution in [1.29, 1.82) is 0 Å². The van der Waals surface area contributed by atoms with Gasteiger partial charge in [0.15, 0.2) is 17.1 Å². The molecule has 0 spiro atoms. The zero-order chi connectivity index (χ0) is 21.9. The number of para-hydroxylation sites is 1. The molecule has 4 aromatic rings. The van der Waals surface area contributed by atoms with Gasteiger partial charge in [0, 0.05) is 17.1 Å². The number of nitrogens with one attached hydrogen (secondary N) is 1. The Morgan fingerprint density at radius 1 is 1.03 bits per heavy atom. The summed E-state index contributed by atoms with van der Waals surface area (Å²) < 4.78 is 17.8. The fourth-order valence-corrected chi connectivity index (χ4v) is 4.33. The molecule has 0 radical (unpaired) electrons. The van der Waals surface area contributed by atoms with Crippen molar-refractivity contribution in [3.8, 4) is 23.0 Å². The van der Waals surface area contributed by atoms with E-state index in [1.54, 1.807) is 7.11 Å². The van der Waals surface area contributed by atoms with E-state index in [-0.39, 0.29) is 6.10 Å². The van der Waals surface area contributed by atoms with Crippen molar-refractivity contribution in [2.45, 2.75) is 38.3 Å². The number of fused-ring (bicyclic) bond motifs is 1. The Balaban J connectivity index is 1.37. The van der Waals surface area contributed by atoms with Crippen LogP contribution in [0.15, 0.2) is 65.1 Å². The van der Waals surface area contributed by atoms with Crippen molar-refractivity contribution in [1.82, 2.24) is 4.98 Å². The maximum Gasteiger partial charge on any atom is 0.227 e.